The van der Waals surface area contributed by atoms with Gasteiger partial charge in [0.1, 0.15) is 0 Å². The van der Waals surface area contributed by atoms with Gasteiger partial charge < -0.3 is 10.1 Å². The number of rotatable bonds is 3. The molecule has 0 radical (unpaired) electrons. The van der Waals surface area contributed by atoms with E-state index in [1.807, 2.05) is 0 Å². The summed E-state index contributed by atoms with van der Waals surface area (Å²) < 4.78 is 44.0. The van der Waals surface area contributed by atoms with Crippen LogP contribution in [0.3, 0.4) is 0 Å². The Bertz CT molecular complexity index is 509. The lowest BCUT2D eigenvalue weighted by molar-refractivity contribution is -0.141. The lowest BCUT2D eigenvalue weighted by atomic mass is 10.4. The molecule has 0 aliphatic carbocycles. The highest BCUT2D eigenvalue weighted by atomic mass is 19.4. The third kappa shape index (κ3) is 4.34. The summed E-state index contributed by atoms with van der Waals surface area (Å²) in [5.41, 5.74) is 2.35. The number of carbonyl (C=O) groups is 1. The molecule has 0 saturated carbocycles. The van der Waals surface area contributed by atoms with Crippen LogP contribution in [0.4, 0.5) is 18.0 Å². The summed E-state index contributed by atoms with van der Waals surface area (Å²) in [6.07, 6.45) is -4.46. The summed E-state index contributed by atoms with van der Waals surface area (Å²) in [6.45, 7) is 3.78. The molecule has 7 nitrogen and oxygen atoms in total. The fourth-order valence-electron chi connectivity index (χ4n) is 2.00. The SMILES string of the molecule is Cc1cc(C(F)(F)F)nn1CCNC(=O)N1CCOCCN1. The minimum absolute atomic E-state index is 0.165. The highest BCUT2D eigenvalue weighted by Gasteiger charge is 2.34. The average molecular weight is 321 g/mol. The van der Waals surface area contributed by atoms with Gasteiger partial charge in [0.2, 0.25) is 0 Å². The Morgan fingerprint density at radius 3 is 2.95 bits per heavy atom. The Kier molecular flexibility index (Phi) is 5.24. The van der Waals surface area contributed by atoms with Crippen LogP contribution in [-0.2, 0) is 17.5 Å². The molecule has 1 aromatic rings. The summed E-state index contributed by atoms with van der Waals surface area (Å²) in [5.74, 6) is 0. The van der Waals surface area contributed by atoms with Gasteiger partial charge in [0.05, 0.1) is 26.3 Å². The van der Waals surface area contributed by atoms with Crippen LogP contribution in [0, 0.1) is 6.92 Å². The minimum atomic E-state index is -4.46. The lowest BCUT2D eigenvalue weighted by Crippen LogP contribution is -2.49. The van der Waals surface area contributed by atoms with E-state index in [2.05, 4.69) is 15.8 Å². The van der Waals surface area contributed by atoms with Crippen LogP contribution in [0.5, 0.6) is 0 Å². The molecule has 0 spiro atoms. The first-order valence-corrected chi connectivity index (χ1v) is 6.86. The van der Waals surface area contributed by atoms with Gasteiger partial charge in [0.15, 0.2) is 5.69 Å². The number of ether oxygens (including phenoxy) is 1. The summed E-state index contributed by atoms with van der Waals surface area (Å²) in [5, 5.41) is 7.52. The molecule has 0 unspecified atom stereocenters. The van der Waals surface area contributed by atoms with Gasteiger partial charge >= 0.3 is 12.2 Å². The van der Waals surface area contributed by atoms with Crippen molar-refractivity contribution in [3.63, 3.8) is 0 Å². The second kappa shape index (κ2) is 6.97. The van der Waals surface area contributed by atoms with Crippen molar-refractivity contribution in [2.45, 2.75) is 19.6 Å². The number of nitrogens with one attached hydrogen (secondary N) is 2. The van der Waals surface area contributed by atoms with E-state index >= 15 is 0 Å². The molecule has 1 aliphatic rings. The van der Waals surface area contributed by atoms with Crippen molar-refractivity contribution < 1.29 is 22.7 Å². The smallest absolute Gasteiger partial charge is 0.378 e. The molecule has 2 N–H and O–H groups in total. The van der Waals surface area contributed by atoms with Gasteiger partial charge in [-0.25, -0.2) is 10.2 Å². The molecule has 2 heterocycles. The normalized spacial score (nSPS) is 16.5. The fourth-order valence-corrected chi connectivity index (χ4v) is 2.00. The molecule has 0 atom stereocenters. The Morgan fingerprint density at radius 1 is 1.50 bits per heavy atom. The zero-order chi connectivity index (χ0) is 16.2. The first-order valence-electron chi connectivity index (χ1n) is 6.86. The predicted octanol–water partition coefficient (Wildman–Crippen LogP) is 0.757. The number of urea groups is 1. The zero-order valence-corrected chi connectivity index (χ0v) is 12.1. The quantitative estimate of drug-likeness (QED) is 0.862. The molecule has 0 aromatic carbocycles. The van der Waals surface area contributed by atoms with Gasteiger partial charge in [0, 0.05) is 18.8 Å². The van der Waals surface area contributed by atoms with Crippen LogP contribution < -0.4 is 10.7 Å². The average Bonchev–Trinajstić information content (AvgIpc) is 2.66. The molecule has 1 fully saturated rings. The molecular weight excluding hydrogens is 303 g/mol. The lowest BCUT2D eigenvalue weighted by Gasteiger charge is -2.20. The highest BCUT2D eigenvalue weighted by Crippen LogP contribution is 2.28. The van der Waals surface area contributed by atoms with Crippen molar-refractivity contribution in [3.05, 3.63) is 17.5 Å². The third-order valence-corrected chi connectivity index (χ3v) is 3.12. The Hall–Kier alpha value is -1.81. The number of halogens is 3. The van der Waals surface area contributed by atoms with E-state index in [9.17, 15) is 18.0 Å². The Morgan fingerprint density at radius 2 is 2.27 bits per heavy atom. The van der Waals surface area contributed by atoms with Crippen LogP contribution in [-0.4, -0.2) is 53.7 Å². The minimum Gasteiger partial charge on any atom is -0.378 e. The van der Waals surface area contributed by atoms with Crippen molar-refractivity contribution in [3.8, 4) is 0 Å². The second-order valence-electron chi connectivity index (χ2n) is 4.80. The molecule has 1 aliphatic heterocycles. The zero-order valence-electron chi connectivity index (χ0n) is 12.1. The van der Waals surface area contributed by atoms with Gasteiger partial charge in [-0.1, -0.05) is 0 Å². The van der Waals surface area contributed by atoms with Gasteiger partial charge in [-0.2, -0.15) is 18.3 Å². The van der Waals surface area contributed by atoms with Gasteiger partial charge in [-0.15, -0.1) is 0 Å². The van der Waals surface area contributed by atoms with Crippen molar-refractivity contribution >= 4 is 6.03 Å². The molecule has 22 heavy (non-hydrogen) atoms. The standard InChI is InChI=1S/C12H18F3N5O2/c1-9-8-10(12(13,14)15)18-19(9)4-2-16-11(21)20-5-7-22-6-3-17-20/h8,17H,2-7H2,1H3,(H,16,21). The van der Waals surface area contributed by atoms with Crippen LogP contribution in [0.2, 0.25) is 0 Å². The van der Waals surface area contributed by atoms with E-state index < -0.39 is 11.9 Å². The first-order chi connectivity index (χ1) is 10.4. The molecule has 1 aromatic heterocycles. The largest absolute Gasteiger partial charge is 0.435 e. The molecule has 124 valence electrons. The fraction of sp³-hybridized carbons (Fsp3) is 0.667. The number of amides is 2. The topological polar surface area (TPSA) is 71.4 Å². The van der Waals surface area contributed by atoms with Gasteiger partial charge in [-0.05, 0) is 13.0 Å². The number of hydrogen-bond acceptors (Lipinski definition) is 4. The van der Waals surface area contributed by atoms with Gasteiger partial charge in [-0.3, -0.25) is 9.69 Å². The molecular formula is C12H18F3N5O2. The number of aryl methyl sites for hydroxylation is 1. The van der Waals surface area contributed by atoms with E-state index in [0.717, 1.165) is 6.07 Å². The predicted molar refractivity (Wildman–Crippen MR) is 70.9 cm³/mol. The van der Waals surface area contributed by atoms with E-state index in [1.54, 1.807) is 0 Å². The molecule has 2 rings (SSSR count). The second-order valence-corrected chi connectivity index (χ2v) is 4.80. The van der Waals surface area contributed by atoms with Crippen LogP contribution in [0.15, 0.2) is 6.07 Å². The highest BCUT2D eigenvalue weighted by molar-refractivity contribution is 5.73. The first kappa shape index (κ1) is 16.6. The van der Waals surface area contributed by atoms with Crippen molar-refractivity contribution in [1.29, 1.82) is 0 Å². The Balaban J connectivity index is 1.83. The number of carbonyl (C=O) groups excluding carboxylic acids is 1. The van der Waals surface area contributed by atoms with E-state index in [4.69, 9.17) is 4.74 Å². The van der Waals surface area contributed by atoms with E-state index in [-0.39, 0.29) is 19.1 Å². The number of aromatic nitrogens is 2. The van der Waals surface area contributed by atoms with Crippen molar-refractivity contribution in [2.75, 3.05) is 32.8 Å². The van der Waals surface area contributed by atoms with Crippen molar-refractivity contribution in [2.24, 2.45) is 0 Å². The maximum Gasteiger partial charge on any atom is 0.435 e. The third-order valence-electron chi connectivity index (χ3n) is 3.12. The summed E-state index contributed by atoms with van der Waals surface area (Å²) in [4.78, 5) is 11.9. The monoisotopic (exact) mass is 321 g/mol. The van der Waals surface area contributed by atoms with E-state index in [0.29, 0.717) is 32.0 Å². The summed E-state index contributed by atoms with van der Waals surface area (Å²) >= 11 is 0. The maximum absolute atomic E-state index is 12.5. The summed E-state index contributed by atoms with van der Waals surface area (Å²) in [6, 6.07) is 0.640. The van der Waals surface area contributed by atoms with E-state index in [1.165, 1.54) is 16.6 Å². The Labute approximate surface area is 125 Å². The number of alkyl halides is 3. The van der Waals surface area contributed by atoms with Crippen LogP contribution in [0.25, 0.3) is 0 Å². The van der Waals surface area contributed by atoms with Crippen LogP contribution >= 0.6 is 0 Å². The van der Waals surface area contributed by atoms with Crippen LogP contribution in [0.1, 0.15) is 11.4 Å². The molecule has 1 saturated heterocycles. The number of nitrogens with zero attached hydrogens (tertiary/aromatic N) is 3. The van der Waals surface area contributed by atoms with Crippen molar-refractivity contribution in [1.82, 2.24) is 25.5 Å². The maximum atomic E-state index is 12.5. The molecule has 2 amide bonds. The molecule has 0 bridgehead atoms. The number of hydrogen-bond donors (Lipinski definition) is 2. The number of hydrazine groups is 1. The molecule has 10 heteroatoms. The summed E-state index contributed by atoms with van der Waals surface area (Å²) in [7, 11) is 0. The van der Waals surface area contributed by atoms with Gasteiger partial charge in [0.25, 0.3) is 0 Å².